The Hall–Kier alpha value is -3.13. The highest BCUT2D eigenvalue weighted by Crippen LogP contribution is 2.32. The van der Waals surface area contributed by atoms with Gasteiger partial charge in [0, 0.05) is 11.4 Å². The van der Waals surface area contributed by atoms with E-state index in [4.69, 9.17) is 10.1 Å². The van der Waals surface area contributed by atoms with Crippen molar-refractivity contribution >= 4 is 39.8 Å². The fraction of sp³-hybridized carbons (Fsp3) is 0.273. The number of thioether (sulfide) groups is 1. The standard InChI is InChI=1S/C22H23N5O2S/c1-5-8-19-25-27-20(23)16(21(28)24-22(27)30-19)12-15-11-13(2)26(14(15)3)17-9-6-7-10-18(17)29-4/h6-7,9-12,23H,5,8H2,1-4H3. The highest BCUT2D eigenvalue weighted by atomic mass is 32.2. The minimum Gasteiger partial charge on any atom is -0.495 e. The molecule has 0 saturated heterocycles. The minimum atomic E-state index is -0.409. The summed E-state index contributed by atoms with van der Waals surface area (Å²) in [6.07, 6.45) is 3.49. The van der Waals surface area contributed by atoms with Crippen LogP contribution < -0.4 is 4.74 Å². The molecule has 2 aliphatic heterocycles. The molecule has 2 aromatic rings. The molecule has 1 aromatic carbocycles. The number of fused-ring (bicyclic) bond motifs is 1. The van der Waals surface area contributed by atoms with E-state index in [1.54, 1.807) is 13.2 Å². The number of para-hydroxylation sites is 2. The Balaban J connectivity index is 1.75. The van der Waals surface area contributed by atoms with Crippen molar-refractivity contribution in [3.05, 3.63) is 52.9 Å². The Morgan fingerprint density at radius 2 is 2.03 bits per heavy atom. The number of benzene rings is 1. The molecule has 0 radical (unpaired) electrons. The third-order valence-electron chi connectivity index (χ3n) is 5.06. The number of amides is 1. The second-order valence-electron chi connectivity index (χ2n) is 7.10. The molecule has 30 heavy (non-hydrogen) atoms. The number of hydrazone groups is 1. The number of amidine groups is 2. The van der Waals surface area contributed by atoms with E-state index in [-0.39, 0.29) is 11.4 Å². The van der Waals surface area contributed by atoms with Crippen molar-refractivity contribution in [1.29, 1.82) is 5.41 Å². The van der Waals surface area contributed by atoms with E-state index in [0.29, 0.717) is 5.17 Å². The summed E-state index contributed by atoms with van der Waals surface area (Å²) in [6.45, 7) is 6.06. The van der Waals surface area contributed by atoms with Gasteiger partial charge in [0.25, 0.3) is 5.91 Å². The molecule has 0 aliphatic carbocycles. The molecule has 7 nitrogen and oxygen atoms in total. The molecule has 3 heterocycles. The monoisotopic (exact) mass is 421 g/mol. The van der Waals surface area contributed by atoms with E-state index in [0.717, 1.165) is 46.3 Å². The van der Waals surface area contributed by atoms with Gasteiger partial charge < -0.3 is 9.30 Å². The lowest BCUT2D eigenvalue weighted by Crippen LogP contribution is -2.35. The van der Waals surface area contributed by atoms with Gasteiger partial charge in [-0.25, -0.2) is 0 Å². The van der Waals surface area contributed by atoms with E-state index in [9.17, 15) is 4.79 Å². The van der Waals surface area contributed by atoms with E-state index < -0.39 is 5.91 Å². The minimum absolute atomic E-state index is 0.0608. The maximum Gasteiger partial charge on any atom is 0.283 e. The topological polar surface area (TPSA) is 83.0 Å². The molecule has 4 rings (SSSR count). The van der Waals surface area contributed by atoms with Crippen LogP contribution in [0.4, 0.5) is 0 Å². The fourth-order valence-electron chi connectivity index (χ4n) is 3.62. The lowest BCUT2D eigenvalue weighted by molar-refractivity contribution is -0.114. The third kappa shape index (κ3) is 3.37. The predicted molar refractivity (Wildman–Crippen MR) is 122 cm³/mol. The van der Waals surface area contributed by atoms with E-state index in [1.807, 2.05) is 44.2 Å². The zero-order chi connectivity index (χ0) is 21.4. The lowest BCUT2D eigenvalue weighted by Gasteiger charge is -2.20. The summed E-state index contributed by atoms with van der Waals surface area (Å²) < 4.78 is 7.60. The highest BCUT2D eigenvalue weighted by Gasteiger charge is 2.35. The predicted octanol–water partition coefficient (Wildman–Crippen LogP) is 4.52. The van der Waals surface area contributed by atoms with Crippen LogP contribution in [0.25, 0.3) is 11.8 Å². The van der Waals surface area contributed by atoms with Crippen molar-refractivity contribution in [1.82, 2.24) is 9.58 Å². The van der Waals surface area contributed by atoms with Crippen LogP contribution >= 0.6 is 11.8 Å². The molecule has 0 bridgehead atoms. The van der Waals surface area contributed by atoms with Crippen LogP contribution in [-0.4, -0.2) is 38.6 Å². The Morgan fingerprint density at radius 3 is 2.77 bits per heavy atom. The molecular formula is C22H23N5O2S. The lowest BCUT2D eigenvalue weighted by atomic mass is 10.1. The maximum atomic E-state index is 12.7. The van der Waals surface area contributed by atoms with Gasteiger partial charge >= 0.3 is 0 Å². The summed E-state index contributed by atoms with van der Waals surface area (Å²) in [6, 6.07) is 9.80. The first-order chi connectivity index (χ1) is 14.4. The van der Waals surface area contributed by atoms with Crippen LogP contribution in [0.2, 0.25) is 0 Å². The molecule has 8 heteroatoms. The van der Waals surface area contributed by atoms with Crippen molar-refractivity contribution in [2.24, 2.45) is 10.1 Å². The SMILES string of the molecule is CCCC1=NN2C(=N)C(=Cc3cc(C)n(-c4ccccc4OC)c3C)C(=O)N=C2S1. The van der Waals surface area contributed by atoms with Crippen LogP contribution in [0.15, 0.2) is 46.0 Å². The van der Waals surface area contributed by atoms with Crippen LogP contribution in [0, 0.1) is 19.3 Å². The second kappa shape index (κ2) is 7.95. The first kappa shape index (κ1) is 20.2. The fourth-order valence-corrected chi connectivity index (χ4v) is 4.61. The summed E-state index contributed by atoms with van der Waals surface area (Å²) in [7, 11) is 1.65. The third-order valence-corrected chi connectivity index (χ3v) is 6.02. The normalized spacial score (nSPS) is 17.3. The van der Waals surface area contributed by atoms with Crippen molar-refractivity contribution in [3.63, 3.8) is 0 Å². The zero-order valence-corrected chi connectivity index (χ0v) is 18.2. The molecule has 0 atom stereocenters. The van der Waals surface area contributed by atoms with Gasteiger partial charge in [-0.3, -0.25) is 10.2 Å². The number of hydrogen-bond donors (Lipinski definition) is 1. The number of nitrogens with one attached hydrogen (secondary N) is 1. The number of aryl methyl sites for hydroxylation is 1. The van der Waals surface area contributed by atoms with Crippen LogP contribution in [0.3, 0.4) is 0 Å². The first-order valence-electron chi connectivity index (χ1n) is 9.76. The van der Waals surface area contributed by atoms with Gasteiger partial charge in [0.15, 0.2) is 5.84 Å². The molecular weight excluding hydrogens is 398 g/mol. The number of ether oxygens (including phenoxy) is 1. The molecule has 2 aliphatic rings. The number of aromatic nitrogens is 1. The number of nitrogens with zero attached hydrogens (tertiary/aromatic N) is 4. The summed E-state index contributed by atoms with van der Waals surface area (Å²) in [4.78, 5) is 16.8. The number of rotatable bonds is 5. The Labute approximate surface area is 179 Å². The van der Waals surface area contributed by atoms with Gasteiger partial charge in [-0.2, -0.15) is 15.1 Å². The van der Waals surface area contributed by atoms with Crippen molar-refractivity contribution in [3.8, 4) is 11.4 Å². The first-order valence-corrected chi connectivity index (χ1v) is 10.6. The molecule has 0 unspecified atom stereocenters. The Bertz CT molecular complexity index is 1140. The maximum absolute atomic E-state index is 12.7. The number of carbonyl (C=O) groups is 1. The van der Waals surface area contributed by atoms with Crippen molar-refractivity contribution in [2.75, 3.05) is 7.11 Å². The van der Waals surface area contributed by atoms with E-state index in [2.05, 4.69) is 21.6 Å². The van der Waals surface area contributed by atoms with E-state index >= 15 is 0 Å². The molecule has 1 amide bonds. The Kier molecular flexibility index (Phi) is 5.34. The number of aliphatic imine (C=N–C) groups is 1. The molecule has 0 saturated carbocycles. The van der Waals surface area contributed by atoms with Gasteiger partial charge in [0.1, 0.15) is 10.8 Å². The van der Waals surface area contributed by atoms with Crippen LogP contribution in [0.5, 0.6) is 5.75 Å². The summed E-state index contributed by atoms with van der Waals surface area (Å²) >= 11 is 1.37. The number of carbonyl (C=O) groups excluding carboxylic acids is 1. The number of hydrogen-bond acceptors (Lipinski definition) is 5. The summed E-state index contributed by atoms with van der Waals surface area (Å²) in [5.41, 5.74) is 3.97. The quantitative estimate of drug-likeness (QED) is 0.720. The molecule has 0 fully saturated rings. The average Bonchev–Trinajstić information content (AvgIpc) is 3.25. The van der Waals surface area contributed by atoms with Gasteiger partial charge in [0.05, 0.1) is 18.4 Å². The van der Waals surface area contributed by atoms with Gasteiger partial charge in [-0.05, 0) is 68.3 Å². The second-order valence-corrected chi connectivity index (χ2v) is 8.14. The van der Waals surface area contributed by atoms with E-state index in [1.165, 1.54) is 16.8 Å². The molecule has 154 valence electrons. The highest BCUT2D eigenvalue weighted by molar-refractivity contribution is 8.26. The van der Waals surface area contributed by atoms with Crippen molar-refractivity contribution in [2.45, 2.75) is 33.6 Å². The largest absolute Gasteiger partial charge is 0.495 e. The van der Waals surface area contributed by atoms with Crippen LogP contribution in [0.1, 0.15) is 36.7 Å². The van der Waals surface area contributed by atoms with Gasteiger partial charge in [-0.1, -0.05) is 19.1 Å². The Morgan fingerprint density at radius 1 is 1.27 bits per heavy atom. The number of methoxy groups -OCH3 is 1. The molecule has 0 spiro atoms. The average molecular weight is 422 g/mol. The van der Waals surface area contributed by atoms with Crippen LogP contribution in [-0.2, 0) is 4.79 Å². The molecule has 1 N–H and O–H groups in total. The summed E-state index contributed by atoms with van der Waals surface area (Å²) in [5, 5.41) is 15.8. The van der Waals surface area contributed by atoms with Crippen molar-refractivity contribution < 1.29 is 9.53 Å². The van der Waals surface area contributed by atoms with Gasteiger partial charge in [0.2, 0.25) is 5.17 Å². The smallest absolute Gasteiger partial charge is 0.283 e. The zero-order valence-electron chi connectivity index (χ0n) is 17.4. The summed E-state index contributed by atoms with van der Waals surface area (Å²) in [5.74, 6) is 0.417. The molecule has 1 aromatic heterocycles. The van der Waals surface area contributed by atoms with Gasteiger partial charge in [-0.15, -0.1) is 0 Å².